The summed E-state index contributed by atoms with van der Waals surface area (Å²) in [5.74, 6) is 4.97. The standard InChI is InChI=1S/C13H20N2O4/c1-10-8-15(9-11(2)19-10)7-5-6-12(14-18-4)13(16)17-3/h10-11H,7-9H2,1-4H3. The molecule has 19 heavy (non-hydrogen) atoms. The fourth-order valence-corrected chi connectivity index (χ4v) is 1.95. The molecule has 1 aliphatic rings. The van der Waals surface area contributed by atoms with Crippen molar-refractivity contribution in [2.24, 2.45) is 5.16 Å². The van der Waals surface area contributed by atoms with Crippen LogP contribution in [0, 0.1) is 11.8 Å². The molecule has 2 unspecified atom stereocenters. The number of oxime groups is 1. The number of esters is 1. The molecule has 1 aliphatic heterocycles. The van der Waals surface area contributed by atoms with Crippen LogP contribution in [0.5, 0.6) is 0 Å². The number of methoxy groups -OCH3 is 1. The lowest BCUT2D eigenvalue weighted by molar-refractivity contribution is -0.132. The molecule has 1 saturated heterocycles. The first-order chi connectivity index (χ1) is 9.06. The highest BCUT2D eigenvalue weighted by atomic mass is 16.6. The minimum absolute atomic E-state index is 0.0284. The second-order valence-corrected chi connectivity index (χ2v) is 4.37. The number of rotatable bonds is 3. The van der Waals surface area contributed by atoms with E-state index >= 15 is 0 Å². The summed E-state index contributed by atoms with van der Waals surface area (Å²) in [5, 5.41) is 3.53. The minimum Gasteiger partial charge on any atom is -0.464 e. The topological polar surface area (TPSA) is 60.4 Å². The van der Waals surface area contributed by atoms with E-state index in [9.17, 15) is 4.79 Å². The Labute approximate surface area is 113 Å². The summed E-state index contributed by atoms with van der Waals surface area (Å²) in [6, 6.07) is 0. The molecule has 0 aromatic heterocycles. The maximum Gasteiger partial charge on any atom is 0.368 e. The van der Waals surface area contributed by atoms with Gasteiger partial charge in [0, 0.05) is 13.1 Å². The Morgan fingerprint density at radius 3 is 2.53 bits per heavy atom. The third kappa shape index (κ3) is 5.28. The Hall–Kier alpha value is -1.58. The Morgan fingerprint density at radius 1 is 1.37 bits per heavy atom. The Bertz CT molecular complexity index is 387. The van der Waals surface area contributed by atoms with Crippen molar-refractivity contribution < 1.29 is 19.1 Å². The number of hydrogen-bond donors (Lipinski definition) is 0. The van der Waals surface area contributed by atoms with Gasteiger partial charge in [0.25, 0.3) is 0 Å². The number of nitrogens with zero attached hydrogens (tertiary/aromatic N) is 2. The molecule has 0 radical (unpaired) electrons. The van der Waals surface area contributed by atoms with E-state index in [0.29, 0.717) is 6.54 Å². The summed E-state index contributed by atoms with van der Waals surface area (Å²) in [5.41, 5.74) is -0.0284. The fourth-order valence-electron chi connectivity index (χ4n) is 1.95. The van der Waals surface area contributed by atoms with E-state index in [1.165, 1.54) is 14.2 Å². The Morgan fingerprint density at radius 2 is 2.00 bits per heavy atom. The van der Waals surface area contributed by atoms with E-state index in [1.807, 2.05) is 13.8 Å². The highest BCUT2D eigenvalue weighted by molar-refractivity contribution is 6.43. The third-order valence-corrected chi connectivity index (χ3v) is 2.57. The lowest BCUT2D eigenvalue weighted by Gasteiger charge is -2.34. The van der Waals surface area contributed by atoms with Gasteiger partial charge >= 0.3 is 5.97 Å². The summed E-state index contributed by atoms with van der Waals surface area (Å²) in [6.45, 7) is 6.27. The first kappa shape index (κ1) is 15.5. The average Bonchev–Trinajstić information content (AvgIpc) is 2.35. The molecule has 0 amide bonds. The molecule has 0 aliphatic carbocycles. The maximum absolute atomic E-state index is 11.3. The van der Waals surface area contributed by atoms with Crippen LogP contribution in [0.25, 0.3) is 0 Å². The van der Waals surface area contributed by atoms with E-state index in [1.54, 1.807) is 0 Å². The first-order valence-corrected chi connectivity index (χ1v) is 6.13. The van der Waals surface area contributed by atoms with Gasteiger partial charge in [0.1, 0.15) is 7.11 Å². The SMILES string of the molecule is CON=C(C#CCN1CC(C)OC(C)C1)C(=O)OC. The average molecular weight is 268 g/mol. The van der Waals surface area contributed by atoms with Crippen LogP contribution in [0.3, 0.4) is 0 Å². The Balaban J connectivity index is 2.57. The molecule has 1 fully saturated rings. The maximum atomic E-state index is 11.3. The fraction of sp³-hybridized carbons (Fsp3) is 0.692. The monoisotopic (exact) mass is 268 g/mol. The third-order valence-electron chi connectivity index (χ3n) is 2.57. The van der Waals surface area contributed by atoms with Crippen molar-refractivity contribution in [1.82, 2.24) is 4.90 Å². The normalized spacial score (nSPS) is 24.3. The van der Waals surface area contributed by atoms with Crippen LogP contribution in [-0.2, 0) is 19.1 Å². The van der Waals surface area contributed by atoms with E-state index in [-0.39, 0.29) is 17.9 Å². The van der Waals surface area contributed by atoms with E-state index in [2.05, 4.69) is 31.5 Å². The molecule has 0 bridgehead atoms. The van der Waals surface area contributed by atoms with Gasteiger partial charge in [0.15, 0.2) is 0 Å². The van der Waals surface area contributed by atoms with Crippen molar-refractivity contribution in [3.05, 3.63) is 0 Å². The summed E-state index contributed by atoms with van der Waals surface area (Å²) in [6.07, 6.45) is 0.386. The number of carbonyl (C=O) groups excluding carboxylic acids is 1. The Kier molecular flexibility index (Phi) is 6.33. The molecule has 0 aromatic rings. The number of morpholine rings is 1. The van der Waals surface area contributed by atoms with Crippen LogP contribution in [0.4, 0.5) is 0 Å². The van der Waals surface area contributed by atoms with Crippen LogP contribution in [0.2, 0.25) is 0 Å². The molecule has 6 heteroatoms. The first-order valence-electron chi connectivity index (χ1n) is 6.13. The zero-order chi connectivity index (χ0) is 14.3. The van der Waals surface area contributed by atoms with Gasteiger partial charge in [-0.2, -0.15) is 0 Å². The van der Waals surface area contributed by atoms with Crippen molar-refractivity contribution in [2.75, 3.05) is 33.9 Å². The second kappa shape index (κ2) is 7.77. The van der Waals surface area contributed by atoms with Crippen molar-refractivity contribution in [2.45, 2.75) is 26.1 Å². The summed E-state index contributed by atoms with van der Waals surface area (Å²) < 4.78 is 10.2. The number of ether oxygens (including phenoxy) is 2. The second-order valence-electron chi connectivity index (χ2n) is 4.37. The van der Waals surface area contributed by atoms with Gasteiger partial charge in [-0.05, 0) is 19.8 Å². The zero-order valence-corrected chi connectivity index (χ0v) is 11.8. The molecular weight excluding hydrogens is 248 g/mol. The lowest BCUT2D eigenvalue weighted by atomic mass is 10.2. The minimum atomic E-state index is -0.599. The summed E-state index contributed by atoms with van der Waals surface area (Å²) >= 11 is 0. The highest BCUT2D eigenvalue weighted by Crippen LogP contribution is 2.09. The van der Waals surface area contributed by atoms with Gasteiger partial charge < -0.3 is 14.3 Å². The van der Waals surface area contributed by atoms with Crippen molar-refractivity contribution >= 4 is 11.7 Å². The molecule has 2 atom stereocenters. The van der Waals surface area contributed by atoms with Gasteiger partial charge in [0.05, 0.1) is 25.9 Å². The van der Waals surface area contributed by atoms with Crippen molar-refractivity contribution in [3.63, 3.8) is 0 Å². The van der Waals surface area contributed by atoms with Crippen molar-refractivity contribution in [3.8, 4) is 11.8 Å². The molecule has 1 rings (SSSR count). The van der Waals surface area contributed by atoms with Gasteiger partial charge in [0.2, 0.25) is 5.71 Å². The number of hydrogen-bond acceptors (Lipinski definition) is 6. The molecule has 1 heterocycles. The largest absolute Gasteiger partial charge is 0.464 e. The van der Waals surface area contributed by atoms with Crippen LogP contribution in [-0.4, -0.2) is 62.6 Å². The predicted octanol–water partition coefficient (Wildman–Crippen LogP) is 0.274. The smallest absolute Gasteiger partial charge is 0.368 e. The van der Waals surface area contributed by atoms with Gasteiger partial charge in [-0.25, -0.2) is 4.79 Å². The van der Waals surface area contributed by atoms with Gasteiger partial charge in [-0.3, -0.25) is 4.90 Å². The summed E-state index contributed by atoms with van der Waals surface area (Å²) in [4.78, 5) is 18.0. The summed E-state index contributed by atoms with van der Waals surface area (Å²) in [7, 11) is 2.64. The van der Waals surface area contributed by atoms with Gasteiger partial charge in [-0.15, -0.1) is 0 Å². The molecule has 0 spiro atoms. The molecule has 106 valence electrons. The van der Waals surface area contributed by atoms with Crippen LogP contribution < -0.4 is 0 Å². The lowest BCUT2D eigenvalue weighted by Crippen LogP contribution is -2.45. The highest BCUT2D eigenvalue weighted by Gasteiger charge is 2.21. The molecule has 6 nitrogen and oxygen atoms in total. The quantitative estimate of drug-likeness (QED) is 0.318. The van der Waals surface area contributed by atoms with E-state index in [4.69, 9.17) is 4.74 Å². The molecule has 0 saturated carbocycles. The van der Waals surface area contributed by atoms with Crippen LogP contribution in [0.15, 0.2) is 5.16 Å². The van der Waals surface area contributed by atoms with E-state index < -0.39 is 5.97 Å². The molecular formula is C13H20N2O4. The van der Waals surface area contributed by atoms with Crippen LogP contribution >= 0.6 is 0 Å². The van der Waals surface area contributed by atoms with Crippen molar-refractivity contribution in [1.29, 1.82) is 0 Å². The molecule has 0 N–H and O–H groups in total. The van der Waals surface area contributed by atoms with Gasteiger partial charge in [-0.1, -0.05) is 11.1 Å². The van der Waals surface area contributed by atoms with Crippen LogP contribution in [0.1, 0.15) is 13.8 Å². The predicted molar refractivity (Wildman–Crippen MR) is 70.7 cm³/mol. The number of carbonyl (C=O) groups is 1. The zero-order valence-electron chi connectivity index (χ0n) is 11.8. The molecule has 0 aromatic carbocycles. The van der Waals surface area contributed by atoms with E-state index in [0.717, 1.165) is 13.1 Å².